The molecule has 0 spiro atoms. The Balaban J connectivity index is 3.27. The molecule has 0 radical (unpaired) electrons. The number of rotatable bonds is 16. The van der Waals surface area contributed by atoms with Gasteiger partial charge in [-0.05, 0) is 32.0 Å². The van der Waals surface area contributed by atoms with E-state index in [-0.39, 0.29) is 12.2 Å². The molecular weight excluding hydrogens is 308 g/mol. The van der Waals surface area contributed by atoms with E-state index in [1.54, 1.807) is 0 Å². The highest BCUT2D eigenvalue weighted by Crippen LogP contribution is 2.17. The van der Waals surface area contributed by atoms with Crippen molar-refractivity contribution in [2.24, 2.45) is 0 Å². The van der Waals surface area contributed by atoms with Crippen LogP contribution < -0.4 is 0 Å². The molecule has 0 bridgehead atoms. The summed E-state index contributed by atoms with van der Waals surface area (Å²) in [6, 6.07) is 1.26. The number of ketones is 1. The number of carboxylic acid groups (broad SMARTS) is 1. The highest BCUT2D eigenvalue weighted by molar-refractivity contribution is 6.71. The number of Topliss-reactive ketones (excluding diaryl/α,β-unsaturated/α-hetero) is 1. The standard InChI is InChI=1S/C18H36O4Si/c1-22-23(2,3)16-11-9-7-5-4-6-8-10-13-17(19)14-12-15-18(20)21/h4-16H2,1-3H3,(H,20,21). The van der Waals surface area contributed by atoms with Gasteiger partial charge < -0.3 is 9.53 Å². The van der Waals surface area contributed by atoms with E-state index in [0.29, 0.717) is 19.3 Å². The van der Waals surface area contributed by atoms with Crippen LogP contribution in [0.1, 0.15) is 77.0 Å². The molecular formula is C18H36O4Si. The normalized spacial score (nSPS) is 11.6. The Morgan fingerprint density at radius 3 is 1.78 bits per heavy atom. The van der Waals surface area contributed by atoms with Crippen molar-refractivity contribution in [3.63, 3.8) is 0 Å². The Morgan fingerprint density at radius 2 is 1.26 bits per heavy atom. The van der Waals surface area contributed by atoms with E-state index in [0.717, 1.165) is 12.8 Å². The van der Waals surface area contributed by atoms with Crippen LogP contribution in [-0.2, 0) is 14.0 Å². The van der Waals surface area contributed by atoms with Crippen LogP contribution in [0.3, 0.4) is 0 Å². The van der Waals surface area contributed by atoms with Crippen LogP contribution in [0.2, 0.25) is 19.1 Å². The fourth-order valence-corrected chi connectivity index (χ4v) is 3.90. The van der Waals surface area contributed by atoms with Crippen molar-refractivity contribution in [3.05, 3.63) is 0 Å². The highest BCUT2D eigenvalue weighted by atomic mass is 28.4. The summed E-state index contributed by atoms with van der Waals surface area (Å²) in [5.74, 6) is -0.595. The average molecular weight is 345 g/mol. The molecule has 0 saturated heterocycles. The minimum atomic E-state index is -1.35. The van der Waals surface area contributed by atoms with E-state index >= 15 is 0 Å². The number of carbonyl (C=O) groups excluding carboxylic acids is 1. The smallest absolute Gasteiger partial charge is 0.303 e. The predicted molar refractivity (Wildman–Crippen MR) is 97.3 cm³/mol. The molecule has 4 nitrogen and oxygen atoms in total. The monoisotopic (exact) mass is 344 g/mol. The lowest BCUT2D eigenvalue weighted by Gasteiger charge is -2.19. The molecule has 0 aliphatic carbocycles. The largest absolute Gasteiger partial charge is 0.481 e. The number of hydrogen-bond acceptors (Lipinski definition) is 3. The molecule has 0 amide bonds. The minimum absolute atomic E-state index is 0.107. The molecule has 5 heteroatoms. The summed E-state index contributed by atoms with van der Waals surface area (Å²) in [7, 11) is 0.482. The zero-order chi connectivity index (χ0) is 17.6. The van der Waals surface area contributed by atoms with Gasteiger partial charge in [-0.25, -0.2) is 0 Å². The molecule has 136 valence electrons. The van der Waals surface area contributed by atoms with E-state index in [9.17, 15) is 9.59 Å². The SMILES string of the molecule is CO[Si](C)(C)CCCCCCCCCCC(=O)CCCC(=O)O. The molecule has 23 heavy (non-hydrogen) atoms. The quantitative estimate of drug-likeness (QED) is 0.310. The van der Waals surface area contributed by atoms with E-state index in [2.05, 4.69) is 13.1 Å². The number of carboxylic acids is 1. The van der Waals surface area contributed by atoms with Crippen molar-refractivity contribution < 1.29 is 19.1 Å². The van der Waals surface area contributed by atoms with Gasteiger partial charge in [-0.3, -0.25) is 9.59 Å². The predicted octanol–water partition coefficient (Wildman–Crippen LogP) is 5.17. The van der Waals surface area contributed by atoms with Crippen molar-refractivity contribution in [1.82, 2.24) is 0 Å². The zero-order valence-electron chi connectivity index (χ0n) is 15.4. The Bertz CT molecular complexity index is 329. The van der Waals surface area contributed by atoms with Gasteiger partial charge in [0.05, 0.1) is 0 Å². The van der Waals surface area contributed by atoms with Crippen molar-refractivity contribution in [3.8, 4) is 0 Å². The van der Waals surface area contributed by atoms with Crippen LogP contribution in [0.15, 0.2) is 0 Å². The number of aliphatic carboxylic acids is 1. The average Bonchev–Trinajstić information content (AvgIpc) is 2.48. The molecule has 0 fully saturated rings. The second kappa shape index (κ2) is 13.7. The van der Waals surface area contributed by atoms with Gasteiger partial charge in [0.1, 0.15) is 5.78 Å². The topological polar surface area (TPSA) is 63.6 Å². The van der Waals surface area contributed by atoms with Crippen LogP contribution >= 0.6 is 0 Å². The molecule has 0 heterocycles. The van der Waals surface area contributed by atoms with E-state index in [4.69, 9.17) is 9.53 Å². The highest BCUT2D eigenvalue weighted by Gasteiger charge is 2.19. The van der Waals surface area contributed by atoms with E-state index in [1.807, 2.05) is 7.11 Å². The van der Waals surface area contributed by atoms with Gasteiger partial charge in [-0.1, -0.05) is 44.9 Å². The minimum Gasteiger partial charge on any atom is -0.481 e. The third-order valence-electron chi connectivity index (χ3n) is 4.38. The number of hydrogen-bond donors (Lipinski definition) is 1. The maximum absolute atomic E-state index is 11.5. The zero-order valence-corrected chi connectivity index (χ0v) is 16.4. The van der Waals surface area contributed by atoms with Crippen LogP contribution in [0.5, 0.6) is 0 Å². The molecule has 0 aromatic carbocycles. The van der Waals surface area contributed by atoms with Crippen LogP contribution in [0.25, 0.3) is 0 Å². The van der Waals surface area contributed by atoms with Gasteiger partial charge in [0.15, 0.2) is 8.32 Å². The second-order valence-corrected chi connectivity index (χ2v) is 11.5. The Kier molecular flexibility index (Phi) is 13.3. The van der Waals surface area contributed by atoms with Gasteiger partial charge in [-0.2, -0.15) is 0 Å². The summed E-state index contributed by atoms with van der Waals surface area (Å²) in [5.41, 5.74) is 0. The summed E-state index contributed by atoms with van der Waals surface area (Å²) >= 11 is 0. The third kappa shape index (κ3) is 16.0. The first-order chi connectivity index (χ1) is 10.9. The maximum atomic E-state index is 11.5. The molecule has 0 aliphatic rings. The summed E-state index contributed by atoms with van der Waals surface area (Å²) in [5, 5.41) is 8.51. The third-order valence-corrected chi connectivity index (χ3v) is 7.05. The molecule has 0 saturated carbocycles. The van der Waals surface area contributed by atoms with Crippen LogP contribution in [0, 0.1) is 0 Å². The van der Waals surface area contributed by atoms with Crippen molar-refractivity contribution in [2.45, 2.75) is 96.2 Å². The Morgan fingerprint density at radius 1 is 0.783 bits per heavy atom. The number of unbranched alkanes of at least 4 members (excludes halogenated alkanes) is 7. The fourth-order valence-electron chi connectivity index (χ4n) is 2.60. The van der Waals surface area contributed by atoms with Crippen LogP contribution in [-0.4, -0.2) is 32.3 Å². The van der Waals surface area contributed by atoms with Gasteiger partial charge in [-0.15, -0.1) is 0 Å². The first-order valence-electron chi connectivity index (χ1n) is 9.16. The van der Waals surface area contributed by atoms with Gasteiger partial charge in [0.2, 0.25) is 0 Å². The van der Waals surface area contributed by atoms with Crippen LogP contribution in [0.4, 0.5) is 0 Å². The first-order valence-corrected chi connectivity index (χ1v) is 12.3. The van der Waals surface area contributed by atoms with E-state index in [1.165, 1.54) is 44.6 Å². The molecule has 0 unspecified atom stereocenters. The van der Waals surface area contributed by atoms with Gasteiger partial charge >= 0.3 is 5.97 Å². The lowest BCUT2D eigenvalue weighted by Crippen LogP contribution is -2.27. The molecule has 0 atom stereocenters. The number of carbonyl (C=O) groups is 2. The Hall–Kier alpha value is -0.683. The molecule has 0 aromatic rings. The molecule has 1 N–H and O–H groups in total. The molecule has 0 aliphatic heterocycles. The van der Waals surface area contributed by atoms with E-state index < -0.39 is 14.3 Å². The molecule has 0 aromatic heterocycles. The lowest BCUT2D eigenvalue weighted by molar-refractivity contribution is -0.137. The van der Waals surface area contributed by atoms with Gasteiger partial charge in [0.25, 0.3) is 0 Å². The van der Waals surface area contributed by atoms with Gasteiger partial charge in [0, 0.05) is 26.4 Å². The maximum Gasteiger partial charge on any atom is 0.303 e. The summed E-state index contributed by atoms with van der Waals surface area (Å²) in [4.78, 5) is 21.9. The molecule has 0 rings (SSSR count). The first kappa shape index (κ1) is 22.3. The summed E-state index contributed by atoms with van der Waals surface area (Å²) in [6.07, 6.45) is 11.4. The van der Waals surface area contributed by atoms with Crippen molar-refractivity contribution in [2.75, 3.05) is 7.11 Å². The Labute approximate surface area is 143 Å². The summed E-state index contributed by atoms with van der Waals surface area (Å²) in [6.45, 7) is 4.55. The fraction of sp³-hybridized carbons (Fsp3) is 0.889. The van der Waals surface area contributed by atoms with Crippen molar-refractivity contribution in [1.29, 1.82) is 0 Å². The van der Waals surface area contributed by atoms with Crippen molar-refractivity contribution >= 4 is 20.1 Å². The lowest BCUT2D eigenvalue weighted by atomic mass is 10.0. The second-order valence-electron chi connectivity index (χ2n) is 7.08. The summed E-state index contributed by atoms with van der Waals surface area (Å²) < 4.78 is 5.55.